The second-order valence-electron chi connectivity index (χ2n) is 8.30. The Morgan fingerprint density at radius 2 is 1.65 bits per heavy atom. The zero-order valence-corrected chi connectivity index (χ0v) is 21.2. The number of carbonyl (C=O) groups excluding carboxylic acids is 2. The third-order valence-corrected chi connectivity index (χ3v) is 5.95. The van der Waals surface area contributed by atoms with Gasteiger partial charge in [-0.3, -0.25) is 9.59 Å². The Bertz CT molecular complexity index is 946. The quantitative estimate of drug-likeness (QED) is 0.471. The van der Waals surface area contributed by atoms with E-state index in [4.69, 9.17) is 14.2 Å². The van der Waals surface area contributed by atoms with Crippen LogP contribution in [0.3, 0.4) is 0 Å². The summed E-state index contributed by atoms with van der Waals surface area (Å²) in [5, 5.41) is 3.04. The number of aryl methyl sites for hydroxylation is 1. The van der Waals surface area contributed by atoms with Gasteiger partial charge < -0.3 is 24.4 Å². The van der Waals surface area contributed by atoms with Crippen LogP contribution < -0.4 is 19.5 Å². The van der Waals surface area contributed by atoms with E-state index in [1.54, 1.807) is 26.2 Å². The number of nitrogens with one attached hydrogen (secondary N) is 1. The van der Waals surface area contributed by atoms with Crippen LogP contribution in [-0.4, -0.2) is 50.1 Å². The van der Waals surface area contributed by atoms with E-state index in [1.807, 2.05) is 63.2 Å². The molecule has 1 N–H and O–H groups in total. The summed E-state index contributed by atoms with van der Waals surface area (Å²) >= 11 is 0. The second kappa shape index (κ2) is 13.5. The summed E-state index contributed by atoms with van der Waals surface area (Å²) in [5.74, 6) is 1.78. The Morgan fingerprint density at radius 1 is 0.912 bits per heavy atom. The number of methoxy groups -OCH3 is 3. The van der Waals surface area contributed by atoms with E-state index < -0.39 is 6.04 Å². The normalized spacial score (nSPS) is 12.4. The van der Waals surface area contributed by atoms with Gasteiger partial charge in [-0.1, -0.05) is 32.0 Å². The van der Waals surface area contributed by atoms with Gasteiger partial charge in [0.1, 0.15) is 11.8 Å². The maximum atomic E-state index is 13.5. The number of amides is 2. The fourth-order valence-electron chi connectivity index (χ4n) is 3.76. The van der Waals surface area contributed by atoms with Crippen LogP contribution in [0.5, 0.6) is 17.2 Å². The van der Waals surface area contributed by atoms with Crippen molar-refractivity contribution in [2.75, 3.05) is 21.3 Å². The highest BCUT2D eigenvalue weighted by Crippen LogP contribution is 2.28. The fraction of sp³-hybridized carbons (Fsp3) is 0.481. The first kappa shape index (κ1) is 27.0. The summed E-state index contributed by atoms with van der Waals surface area (Å²) in [7, 11) is 4.79. The van der Waals surface area contributed by atoms with Crippen LogP contribution in [0.1, 0.15) is 51.2 Å². The molecule has 0 heterocycles. The van der Waals surface area contributed by atoms with Crippen LogP contribution >= 0.6 is 0 Å². The number of rotatable bonds is 13. The van der Waals surface area contributed by atoms with Crippen LogP contribution in [0.4, 0.5) is 0 Å². The van der Waals surface area contributed by atoms with Crippen molar-refractivity contribution >= 4 is 11.8 Å². The topological polar surface area (TPSA) is 77.1 Å². The molecule has 0 spiro atoms. The standard InChI is InChI=1S/C27H38N2O5/c1-7-19(3)28-27(31)23(8-2)29(18-21-10-9-11-22(16-21)32-4)26(30)15-13-20-12-14-24(33-5)25(17-20)34-6/h9-12,14,16-17,19,23H,7-8,13,15,18H2,1-6H3,(H,28,31). The molecule has 0 saturated heterocycles. The lowest BCUT2D eigenvalue weighted by atomic mass is 10.0. The summed E-state index contributed by atoms with van der Waals surface area (Å²) in [6.07, 6.45) is 2.14. The molecule has 7 nitrogen and oxygen atoms in total. The summed E-state index contributed by atoms with van der Waals surface area (Å²) in [5.41, 5.74) is 1.87. The van der Waals surface area contributed by atoms with E-state index in [0.717, 1.165) is 17.5 Å². The molecular weight excluding hydrogens is 432 g/mol. The maximum Gasteiger partial charge on any atom is 0.243 e. The molecule has 0 radical (unpaired) electrons. The number of hydrogen-bond acceptors (Lipinski definition) is 5. The van der Waals surface area contributed by atoms with Gasteiger partial charge in [0.15, 0.2) is 11.5 Å². The van der Waals surface area contributed by atoms with Gasteiger partial charge >= 0.3 is 0 Å². The molecule has 2 amide bonds. The molecule has 2 unspecified atom stereocenters. The number of benzene rings is 2. The molecule has 2 atom stereocenters. The van der Waals surface area contributed by atoms with E-state index in [1.165, 1.54) is 0 Å². The van der Waals surface area contributed by atoms with Crippen molar-refractivity contribution in [1.29, 1.82) is 0 Å². The highest BCUT2D eigenvalue weighted by atomic mass is 16.5. The lowest BCUT2D eigenvalue weighted by Gasteiger charge is -2.31. The van der Waals surface area contributed by atoms with Crippen molar-refractivity contribution in [3.63, 3.8) is 0 Å². The molecule has 0 aliphatic heterocycles. The van der Waals surface area contributed by atoms with Gasteiger partial charge in [0.2, 0.25) is 11.8 Å². The number of carbonyl (C=O) groups is 2. The molecule has 7 heteroatoms. The first-order valence-electron chi connectivity index (χ1n) is 11.8. The van der Waals surface area contributed by atoms with Crippen LogP contribution in [0.25, 0.3) is 0 Å². The molecule has 0 saturated carbocycles. The summed E-state index contributed by atoms with van der Waals surface area (Å²) in [6.45, 7) is 6.25. The number of nitrogens with zero attached hydrogens (tertiary/aromatic N) is 1. The molecule has 2 rings (SSSR count). The van der Waals surface area contributed by atoms with Crippen molar-refractivity contribution in [3.8, 4) is 17.2 Å². The monoisotopic (exact) mass is 470 g/mol. The molecule has 186 valence electrons. The summed E-state index contributed by atoms with van der Waals surface area (Å²) in [6, 6.07) is 12.7. The van der Waals surface area contributed by atoms with Gasteiger partial charge in [-0.05, 0) is 61.6 Å². The van der Waals surface area contributed by atoms with E-state index >= 15 is 0 Å². The molecule has 0 bridgehead atoms. The minimum atomic E-state index is -0.557. The van der Waals surface area contributed by atoms with Crippen LogP contribution in [-0.2, 0) is 22.6 Å². The summed E-state index contributed by atoms with van der Waals surface area (Å²) in [4.78, 5) is 28.2. The van der Waals surface area contributed by atoms with Gasteiger partial charge in [-0.15, -0.1) is 0 Å². The van der Waals surface area contributed by atoms with Gasteiger partial charge in [0.05, 0.1) is 21.3 Å². The maximum absolute atomic E-state index is 13.5. The predicted molar refractivity (Wildman–Crippen MR) is 133 cm³/mol. The Morgan fingerprint density at radius 3 is 2.26 bits per heavy atom. The van der Waals surface area contributed by atoms with Gasteiger partial charge in [0, 0.05) is 19.0 Å². The SMILES string of the molecule is CCC(C)NC(=O)C(CC)N(Cc1cccc(OC)c1)C(=O)CCc1ccc(OC)c(OC)c1. The highest BCUT2D eigenvalue weighted by molar-refractivity contribution is 5.88. The molecule has 0 aromatic heterocycles. The second-order valence-corrected chi connectivity index (χ2v) is 8.30. The molecular formula is C27H38N2O5. The Balaban J connectivity index is 2.25. The minimum Gasteiger partial charge on any atom is -0.497 e. The van der Waals surface area contributed by atoms with E-state index in [2.05, 4.69) is 5.32 Å². The summed E-state index contributed by atoms with van der Waals surface area (Å²) < 4.78 is 16.0. The fourth-order valence-corrected chi connectivity index (χ4v) is 3.76. The van der Waals surface area contributed by atoms with Crippen molar-refractivity contribution in [3.05, 3.63) is 53.6 Å². The van der Waals surface area contributed by atoms with Crippen molar-refractivity contribution < 1.29 is 23.8 Å². The van der Waals surface area contributed by atoms with Gasteiger partial charge in [-0.25, -0.2) is 0 Å². The molecule has 0 aliphatic carbocycles. The smallest absolute Gasteiger partial charge is 0.243 e. The van der Waals surface area contributed by atoms with Crippen LogP contribution in [0, 0.1) is 0 Å². The highest BCUT2D eigenvalue weighted by Gasteiger charge is 2.29. The van der Waals surface area contributed by atoms with Crippen molar-refractivity contribution in [2.45, 2.75) is 65.1 Å². The van der Waals surface area contributed by atoms with E-state index in [-0.39, 0.29) is 24.3 Å². The number of hydrogen-bond donors (Lipinski definition) is 1. The third-order valence-electron chi connectivity index (χ3n) is 5.95. The van der Waals surface area contributed by atoms with E-state index in [9.17, 15) is 9.59 Å². The van der Waals surface area contributed by atoms with Crippen molar-refractivity contribution in [1.82, 2.24) is 10.2 Å². The van der Waals surface area contributed by atoms with Crippen molar-refractivity contribution in [2.24, 2.45) is 0 Å². The minimum absolute atomic E-state index is 0.0436. The third kappa shape index (κ3) is 7.40. The lowest BCUT2D eigenvalue weighted by Crippen LogP contribution is -2.50. The predicted octanol–water partition coefficient (Wildman–Crippen LogP) is 4.37. The van der Waals surface area contributed by atoms with Crippen LogP contribution in [0.2, 0.25) is 0 Å². The first-order chi connectivity index (χ1) is 16.4. The average Bonchev–Trinajstić information content (AvgIpc) is 2.86. The average molecular weight is 471 g/mol. The molecule has 0 fully saturated rings. The van der Waals surface area contributed by atoms with Gasteiger partial charge in [-0.2, -0.15) is 0 Å². The molecule has 0 aliphatic rings. The van der Waals surface area contributed by atoms with Gasteiger partial charge in [0.25, 0.3) is 0 Å². The van der Waals surface area contributed by atoms with Crippen LogP contribution in [0.15, 0.2) is 42.5 Å². The molecule has 2 aromatic carbocycles. The van der Waals surface area contributed by atoms with E-state index in [0.29, 0.717) is 36.6 Å². The lowest BCUT2D eigenvalue weighted by molar-refractivity contribution is -0.141. The zero-order valence-electron chi connectivity index (χ0n) is 21.2. The zero-order chi connectivity index (χ0) is 25.1. The largest absolute Gasteiger partial charge is 0.497 e. The Kier molecular flexibility index (Phi) is 10.7. The molecule has 34 heavy (non-hydrogen) atoms. The molecule has 2 aromatic rings. The first-order valence-corrected chi connectivity index (χ1v) is 11.8. The Hall–Kier alpha value is -3.22. The Labute approximate surface area is 203 Å². The number of ether oxygens (including phenoxy) is 3.